The van der Waals surface area contributed by atoms with Crippen LogP contribution in [0, 0.1) is 0 Å². The van der Waals surface area contributed by atoms with E-state index in [1.807, 2.05) is 32.6 Å². The molecule has 4 heterocycles. The zero-order valence-electron chi connectivity index (χ0n) is 25.1. The topological polar surface area (TPSA) is 104 Å². The number of aromatic nitrogens is 2. The Kier molecular flexibility index (Phi) is 7.55. The van der Waals surface area contributed by atoms with Crippen LogP contribution in [0.5, 0.6) is 5.75 Å². The Morgan fingerprint density at radius 3 is 2.36 bits per heavy atom. The number of benzene rings is 2. The minimum atomic E-state index is -4.99. The zero-order chi connectivity index (χ0) is 31.6. The van der Waals surface area contributed by atoms with Crippen molar-refractivity contribution in [3.8, 4) is 11.4 Å². The maximum Gasteiger partial charge on any atom is 0.573 e. The second-order valence-electron chi connectivity index (χ2n) is 12.6. The molecule has 0 saturated carbocycles. The Morgan fingerprint density at radius 2 is 1.73 bits per heavy atom. The molecule has 1 aromatic heterocycles. The highest BCUT2D eigenvalue weighted by Gasteiger charge is 2.51. The number of hydrogen-bond donors (Lipinski definition) is 1. The van der Waals surface area contributed by atoms with Gasteiger partial charge in [0.15, 0.2) is 5.75 Å². The normalized spacial score (nSPS) is 23.6. The smallest absolute Gasteiger partial charge is 0.404 e. The van der Waals surface area contributed by atoms with Gasteiger partial charge in [-0.1, -0.05) is 6.07 Å². The summed E-state index contributed by atoms with van der Waals surface area (Å²) in [5, 5.41) is 2.87. The molecule has 3 aliphatic heterocycles. The number of alkyl halides is 3. The van der Waals surface area contributed by atoms with E-state index in [4.69, 9.17) is 14.0 Å². The highest BCUT2D eigenvalue weighted by Crippen LogP contribution is 2.37. The summed E-state index contributed by atoms with van der Waals surface area (Å²) in [5.74, 6) is -1.10. The Morgan fingerprint density at radius 1 is 1.07 bits per heavy atom. The summed E-state index contributed by atoms with van der Waals surface area (Å²) in [6.07, 6.45) is -1.80. The first kappa shape index (κ1) is 30.6. The number of halogens is 3. The number of amides is 1. The quantitative estimate of drug-likeness (QED) is 0.419. The van der Waals surface area contributed by atoms with Gasteiger partial charge in [-0.3, -0.25) is 19.1 Å². The van der Waals surface area contributed by atoms with Crippen LogP contribution in [-0.2, 0) is 18.8 Å². The molecule has 3 fully saturated rings. The molecule has 0 radical (unpaired) electrons. The summed E-state index contributed by atoms with van der Waals surface area (Å²) in [6, 6.07) is 8.05. The van der Waals surface area contributed by atoms with Crippen LogP contribution in [0.1, 0.15) is 47.5 Å². The number of likely N-dealkylation sites (tertiary alicyclic amines) is 1. The molecule has 44 heavy (non-hydrogen) atoms. The number of nitrogens with one attached hydrogen (secondary N) is 1. The number of fused-ring (bicyclic) bond motifs is 3. The van der Waals surface area contributed by atoms with E-state index in [0.717, 1.165) is 18.9 Å². The van der Waals surface area contributed by atoms with Gasteiger partial charge in [0.05, 0.1) is 51.7 Å². The molecule has 2 aromatic carbocycles. The third-order valence-electron chi connectivity index (χ3n) is 9.03. The van der Waals surface area contributed by atoms with Gasteiger partial charge in [-0.25, -0.2) is 4.98 Å². The second kappa shape index (κ2) is 10.9. The summed E-state index contributed by atoms with van der Waals surface area (Å²) in [4.78, 5) is 33.2. The van der Waals surface area contributed by atoms with Crippen LogP contribution in [0.2, 0.25) is 0 Å². The van der Waals surface area contributed by atoms with Crippen LogP contribution in [0.4, 0.5) is 18.9 Å². The van der Waals surface area contributed by atoms with Crippen LogP contribution in [0.25, 0.3) is 16.6 Å². The van der Waals surface area contributed by atoms with E-state index in [-0.39, 0.29) is 29.0 Å². The standard InChI is InChI=1S/C30H34BF3N4O6/c1-17(37-14-20-8-9-21(15-37)41-20)26(39)36-24-13-19(7-11-25(24)42-30(32,33)34)38-16-35-23-12-18(6-10-22(23)27(38)40)31-43-28(2,3)29(4,5)44-31/h6-7,10-13,16-17,20-21H,8-9,14-15H2,1-5H3,(H,36,39). The molecule has 3 saturated heterocycles. The van der Waals surface area contributed by atoms with E-state index in [1.165, 1.54) is 23.0 Å². The number of hydrogen-bond acceptors (Lipinski definition) is 8. The first-order chi connectivity index (χ1) is 20.6. The highest BCUT2D eigenvalue weighted by molar-refractivity contribution is 6.62. The van der Waals surface area contributed by atoms with E-state index in [2.05, 4.69) is 15.0 Å². The monoisotopic (exact) mass is 614 g/mol. The van der Waals surface area contributed by atoms with Gasteiger partial charge in [0.1, 0.15) is 6.33 Å². The largest absolute Gasteiger partial charge is 0.573 e. The van der Waals surface area contributed by atoms with E-state index in [0.29, 0.717) is 24.1 Å². The van der Waals surface area contributed by atoms with Gasteiger partial charge in [0.25, 0.3) is 5.56 Å². The molecule has 1 N–H and O–H groups in total. The molecule has 0 spiro atoms. The molecule has 3 aromatic rings. The molecule has 3 aliphatic rings. The first-order valence-electron chi connectivity index (χ1n) is 14.6. The third kappa shape index (κ3) is 5.83. The van der Waals surface area contributed by atoms with Crippen molar-refractivity contribution in [2.24, 2.45) is 0 Å². The summed E-state index contributed by atoms with van der Waals surface area (Å²) in [5.41, 5.74) is -0.470. The number of anilines is 1. The highest BCUT2D eigenvalue weighted by atomic mass is 19.4. The van der Waals surface area contributed by atoms with Crippen LogP contribution in [0.15, 0.2) is 47.5 Å². The van der Waals surface area contributed by atoms with Gasteiger partial charge >= 0.3 is 13.5 Å². The second-order valence-corrected chi connectivity index (χ2v) is 12.6. The summed E-state index contributed by atoms with van der Waals surface area (Å²) >= 11 is 0. The Bertz CT molecular complexity index is 1630. The summed E-state index contributed by atoms with van der Waals surface area (Å²) in [6.45, 7) is 10.6. The number of rotatable bonds is 6. The van der Waals surface area contributed by atoms with Crippen molar-refractivity contribution < 1.29 is 36.7 Å². The molecular formula is C30H34BF3N4O6. The molecule has 2 bridgehead atoms. The molecular weight excluding hydrogens is 580 g/mol. The maximum atomic E-state index is 13.5. The average molecular weight is 614 g/mol. The fourth-order valence-electron chi connectivity index (χ4n) is 5.79. The molecule has 6 rings (SSSR count). The number of ether oxygens (including phenoxy) is 2. The van der Waals surface area contributed by atoms with Gasteiger partial charge in [0, 0.05) is 13.1 Å². The number of nitrogens with zero attached hydrogens (tertiary/aromatic N) is 3. The number of carbonyl (C=O) groups excluding carboxylic acids is 1. The van der Waals surface area contributed by atoms with Crippen LogP contribution >= 0.6 is 0 Å². The van der Waals surface area contributed by atoms with Crippen molar-refractivity contribution in [3.05, 3.63) is 53.1 Å². The van der Waals surface area contributed by atoms with E-state index in [9.17, 15) is 22.8 Å². The van der Waals surface area contributed by atoms with Crippen molar-refractivity contribution in [2.45, 2.75) is 83.3 Å². The van der Waals surface area contributed by atoms with Gasteiger partial charge < -0.3 is 24.1 Å². The molecule has 234 valence electrons. The first-order valence-corrected chi connectivity index (χ1v) is 14.6. The van der Waals surface area contributed by atoms with Crippen molar-refractivity contribution in [1.82, 2.24) is 14.5 Å². The average Bonchev–Trinajstić information content (AvgIpc) is 3.40. The fourth-order valence-corrected chi connectivity index (χ4v) is 5.79. The Balaban J connectivity index is 1.29. The molecule has 3 atom stereocenters. The van der Waals surface area contributed by atoms with Crippen molar-refractivity contribution in [3.63, 3.8) is 0 Å². The van der Waals surface area contributed by atoms with Crippen LogP contribution < -0.4 is 21.1 Å². The Hall–Kier alpha value is -3.46. The summed E-state index contributed by atoms with van der Waals surface area (Å²) in [7, 11) is -0.643. The minimum Gasteiger partial charge on any atom is -0.404 e. The lowest BCUT2D eigenvalue weighted by atomic mass is 9.79. The fraction of sp³-hybridized carbons (Fsp3) is 0.500. The van der Waals surface area contributed by atoms with Crippen LogP contribution in [0.3, 0.4) is 0 Å². The number of carbonyl (C=O) groups is 1. The van der Waals surface area contributed by atoms with Crippen molar-refractivity contribution >= 4 is 35.1 Å². The molecule has 1 amide bonds. The lowest BCUT2D eigenvalue weighted by Gasteiger charge is -2.35. The predicted molar refractivity (Wildman–Crippen MR) is 157 cm³/mol. The van der Waals surface area contributed by atoms with Gasteiger partial charge in [-0.05, 0) is 83.3 Å². The van der Waals surface area contributed by atoms with Gasteiger partial charge in [-0.15, -0.1) is 13.2 Å². The molecule has 0 aliphatic carbocycles. The van der Waals surface area contributed by atoms with E-state index >= 15 is 0 Å². The zero-order valence-corrected chi connectivity index (χ0v) is 25.1. The molecule has 10 nitrogen and oxygen atoms in total. The lowest BCUT2D eigenvalue weighted by Crippen LogP contribution is -2.51. The number of morpholine rings is 1. The summed E-state index contributed by atoms with van der Waals surface area (Å²) < 4.78 is 63.2. The van der Waals surface area contributed by atoms with Gasteiger partial charge in [-0.2, -0.15) is 0 Å². The van der Waals surface area contributed by atoms with Crippen molar-refractivity contribution in [1.29, 1.82) is 0 Å². The molecule has 3 unspecified atom stereocenters. The SMILES string of the molecule is CC(C(=O)Nc1cc(-n2cnc3cc(B4OC(C)(C)C(C)(C)O4)ccc3c2=O)ccc1OC(F)(F)F)N1CC2CCC(C1)O2. The van der Waals surface area contributed by atoms with E-state index in [1.54, 1.807) is 25.1 Å². The van der Waals surface area contributed by atoms with Gasteiger partial charge in [0.2, 0.25) is 5.91 Å². The third-order valence-corrected chi connectivity index (χ3v) is 9.03. The predicted octanol–water partition coefficient (Wildman–Crippen LogP) is 3.77. The van der Waals surface area contributed by atoms with E-state index < -0.39 is 47.9 Å². The van der Waals surface area contributed by atoms with Crippen LogP contribution in [-0.4, -0.2) is 76.4 Å². The maximum absolute atomic E-state index is 13.5. The Labute approximate surface area is 252 Å². The van der Waals surface area contributed by atoms with Crippen molar-refractivity contribution in [2.75, 3.05) is 18.4 Å². The molecule has 14 heteroatoms. The minimum absolute atomic E-state index is 0.0386. The lowest BCUT2D eigenvalue weighted by molar-refractivity contribution is -0.274.